The molecule has 3 N–H and O–H groups in total. The number of aromatic nitrogens is 2. The number of aryl methyl sites for hydroxylation is 1. The molecule has 2 heterocycles. The summed E-state index contributed by atoms with van der Waals surface area (Å²) < 4.78 is 0. The average Bonchev–Trinajstić information content (AvgIpc) is 2.72. The van der Waals surface area contributed by atoms with E-state index in [1.165, 1.54) is 4.88 Å². The van der Waals surface area contributed by atoms with Crippen LogP contribution in [0, 0.1) is 6.92 Å². The van der Waals surface area contributed by atoms with Crippen LogP contribution in [0.5, 0.6) is 0 Å². The molecule has 0 aliphatic heterocycles. The van der Waals surface area contributed by atoms with Crippen molar-refractivity contribution in [1.29, 1.82) is 0 Å². The summed E-state index contributed by atoms with van der Waals surface area (Å²) in [4.78, 5) is 20.2. The van der Waals surface area contributed by atoms with Gasteiger partial charge >= 0.3 is 0 Å². The highest BCUT2D eigenvalue weighted by Crippen LogP contribution is 2.15. The number of rotatable bonds is 4. The molecule has 0 saturated carbocycles. The fourth-order valence-electron chi connectivity index (χ4n) is 1.35. The minimum Gasteiger partial charge on any atom is -0.380 e. The van der Waals surface area contributed by atoms with E-state index in [0.29, 0.717) is 6.54 Å². The fraction of sp³-hybridized carbons (Fsp3) is 0.182. The molecule has 2 rings (SSSR count). The molecule has 17 heavy (non-hydrogen) atoms. The maximum absolute atomic E-state index is 11.0. The van der Waals surface area contributed by atoms with Crippen molar-refractivity contribution in [3.63, 3.8) is 0 Å². The molecule has 0 radical (unpaired) electrons. The Morgan fingerprint density at radius 2 is 2.35 bits per heavy atom. The van der Waals surface area contributed by atoms with Crippen LogP contribution >= 0.6 is 11.3 Å². The molecule has 0 unspecified atom stereocenters. The van der Waals surface area contributed by atoms with Crippen molar-refractivity contribution in [2.75, 3.05) is 5.32 Å². The third kappa shape index (κ3) is 2.79. The van der Waals surface area contributed by atoms with Crippen molar-refractivity contribution in [1.82, 2.24) is 9.97 Å². The molecule has 6 heteroatoms. The van der Waals surface area contributed by atoms with Gasteiger partial charge in [0.05, 0.1) is 17.7 Å². The standard InChI is InChI=1S/C11H12N4OS/c1-7-10(17-6-15-7)5-14-8-2-3-13-9(4-8)11(12)16/h2-4,6H,5H2,1H3,(H2,12,16)(H,13,14). The highest BCUT2D eigenvalue weighted by Gasteiger charge is 2.04. The van der Waals surface area contributed by atoms with Gasteiger partial charge in [-0.15, -0.1) is 11.3 Å². The van der Waals surface area contributed by atoms with E-state index in [0.717, 1.165) is 11.4 Å². The topological polar surface area (TPSA) is 80.9 Å². The molecule has 0 atom stereocenters. The predicted octanol–water partition coefficient (Wildman–Crippen LogP) is 1.56. The summed E-state index contributed by atoms with van der Waals surface area (Å²) in [6, 6.07) is 3.43. The van der Waals surface area contributed by atoms with Crippen molar-refractivity contribution in [2.45, 2.75) is 13.5 Å². The lowest BCUT2D eigenvalue weighted by molar-refractivity contribution is 0.0995. The van der Waals surface area contributed by atoms with Crippen molar-refractivity contribution in [3.05, 3.63) is 40.1 Å². The van der Waals surface area contributed by atoms with Crippen LogP contribution in [0.4, 0.5) is 5.69 Å². The van der Waals surface area contributed by atoms with E-state index >= 15 is 0 Å². The summed E-state index contributed by atoms with van der Waals surface area (Å²) in [5, 5.41) is 3.21. The summed E-state index contributed by atoms with van der Waals surface area (Å²) in [5.74, 6) is -0.525. The van der Waals surface area contributed by atoms with Gasteiger partial charge in [-0.1, -0.05) is 0 Å². The summed E-state index contributed by atoms with van der Waals surface area (Å²) >= 11 is 1.60. The number of nitrogens with zero attached hydrogens (tertiary/aromatic N) is 2. The van der Waals surface area contributed by atoms with Gasteiger partial charge in [0.15, 0.2) is 0 Å². The Kier molecular flexibility index (Phi) is 3.34. The first kappa shape index (κ1) is 11.5. The molecule has 0 aromatic carbocycles. The second-order valence-electron chi connectivity index (χ2n) is 3.51. The van der Waals surface area contributed by atoms with Crippen molar-refractivity contribution < 1.29 is 4.79 Å². The minimum atomic E-state index is -0.525. The molecule has 0 spiro atoms. The predicted molar refractivity (Wildman–Crippen MR) is 66.9 cm³/mol. The number of hydrogen-bond acceptors (Lipinski definition) is 5. The number of nitrogens with two attached hydrogens (primary N) is 1. The van der Waals surface area contributed by atoms with Crippen LogP contribution in [-0.4, -0.2) is 15.9 Å². The molecule has 0 fully saturated rings. The number of thiazole rings is 1. The van der Waals surface area contributed by atoms with Gasteiger partial charge in [0.25, 0.3) is 5.91 Å². The average molecular weight is 248 g/mol. The SMILES string of the molecule is Cc1ncsc1CNc1ccnc(C(N)=O)c1. The van der Waals surface area contributed by atoms with Gasteiger partial charge in [0.2, 0.25) is 0 Å². The number of amides is 1. The molecule has 2 aromatic heterocycles. The molecule has 0 saturated heterocycles. The maximum Gasteiger partial charge on any atom is 0.267 e. The van der Waals surface area contributed by atoms with Gasteiger partial charge in [-0.25, -0.2) is 4.98 Å². The zero-order valence-electron chi connectivity index (χ0n) is 9.30. The third-order valence-corrected chi connectivity index (χ3v) is 3.25. The lowest BCUT2D eigenvalue weighted by atomic mass is 10.3. The maximum atomic E-state index is 11.0. The van der Waals surface area contributed by atoms with Crippen LogP contribution < -0.4 is 11.1 Å². The lowest BCUT2D eigenvalue weighted by Gasteiger charge is -2.05. The van der Waals surface area contributed by atoms with Crippen molar-refractivity contribution in [2.24, 2.45) is 5.73 Å². The van der Waals surface area contributed by atoms with E-state index in [9.17, 15) is 4.79 Å². The quantitative estimate of drug-likeness (QED) is 0.860. The molecular formula is C11H12N4OS. The largest absolute Gasteiger partial charge is 0.380 e. The van der Waals surface area contributed by atoms with Crippen molar-refractivity contribution >= 4 is 22.9 Å². The molecule has 5 nitrogen and oxygen atoms in total. The summed E-state index contributed by atoms with van der Waals surface area (Å²) in [6.07, 6.45) is 1.56. The van der Waals surface area contributed by atoms with Gasteiger partial charge in [-0.2, -0.15) is 0 Å². The molecule has 1 amide bonds. The highest BCUT2D eigenvalue weighted by atomic mass is 32.1. The molecule has 0 aliphatic rings. The Bertz CT molecular complexity index is 538. The molecule has 0 aliphatic carbocycles. The third-order valence-electron chi connectivity index (χ3n) is 2.31. The Hall–Kier alpha value is -1.95. The number of nitrogens with one attached hydrogen (secondary N) is 1. The van der Waals surface area contributed by atoms with Crippen LogP contribution in [-0.2, 0) is 6.54 Å². The number of primary amides is 1. The van der Waals surface area contributed by atoms with Crippen LogP contribution in [0.3, 0.4) is 0 Å². The first-order chi connectivity index (χ1) is 8.16. The second kappa shape index (κ2) is 4.92. The smallest absolute Gasteiger partial charge is 0.267 e. The van der Waals surface area contributed by atoms with Gasteiger partial charge < -0.3 is 11.1 Å². The number of hydrogen-bond donors (Lipinski definition) is 2. The number of anilines is 1. The Balaban J connectivity index is 2.07. The van der Waals surface area contributed by atoms with Crippen LogP contribution in [0.15, 0.2) is 23.8 Å². The van der Waals surface area contributed by atoms with Crippen molar-refractivity contribution in [3.8, 4) is 0 Å². The van der Waals surface area contributed by atoms with E-state index in [2.05, 4.69) is 15.3 Å². The summed E-state index contributed by atoms with van der Waals surface area (Å²) in [7, 11) is 0. The molecule has 88 valence electrons. The Labute approximate surface area is 103 Å². The van der Waals surface area contributed by atoms with Crippen LogP contribution in [0.2, 0.25) is 0 Å². The summed E-state index contributed by atoms with van der Waals surface area (Å²) in [5.41, 5.74) is 9.07. The zero-order chi connectivity index (χ0) is 12.3. The van der Waals surface area contributed by atoms with Gasteiger partial charge in [0.1, 0.15) is 5.69 Å². The Morgan fingerprint density at radius 3 is 3.00 bits per heavy atom. The van der Waals surface area contributed by atoms with E-state index in [4.69, 9.17) is 5.73 Å². The number of pyridine rings is 1. The molecular weight excluding hydrogens is 236 g/mol. The fourth-order valence-corrected chi connectivity index (χ4v) is 2.07. The first-order valence-electron chi connectivity index (χ1n) is 5.05. The number of carbonyl (C=O) groups is 1. The monoisotopic (exact) mass is 248 g/mol. The number of carbonyl (C=O) groups excluding carboxylic acids is 1. The Morgan fingerprint density at radius 1 is 1.53 bits per heavy atom. The lowest BCUT2D eigenvalue weighted by Crippen LogP contribution is -2.13. The highest BCUT2D eigenvalue weighted by molar-refractivity contribution is 7.09. The van der Waals surface area contributed by atoms with Crippen LogP contribution in [0.25, 0.3) is 0 Å². The molecule has 2 aromatic rings. The second-order valence-corrected chi connectivity index (χ2v) is 4.45. The van der Waals surface area contributed by atoms with E-state index in [1.807, 2.05) is 12.4 Å². The van der Waals surface area contributed by atoms with E-state index in [-0.39, 0.29) is 5.69 Å². The van der Waals surface area contributed by atoms with Gasteiger partial charge in [0, 0.05) is 16.8 Å². The zero-order valence-corrected chi connectivity index (χ0v) is 10.1. The van der Waals surface area contributed by atoms with Gasteiger partial charge in [-0.3, -0.25) is 9.78 Å². The van der Waals surface area contributed by atoms with Crippen LogP contribution in [0.1, 0.15) is 21.1 Å². The van der Waals surface area contributed by atoms with E-state index in [1.54, 1.807) is 29.7 Å². The molecule has 0 bridgehead atoms. The first-order valence-corrected chi connectivity index (χ1v) is 5.93. The van der Waals surface area contributed by atoms with Gasteiger partial charge in [-0.05, 0) is 19.1 Å². The van der Waals surface area contributed by atoms with E-state index < -0.39 is 5.91 Å². The normalized spacial score (nSPS) is 10.2. The minimum absolute atomic E-state index is 0.260. The summed E-state index contributed by atoms with van der Waals surface area (Å²) in [6.45, 7) is 2.65.